The minimum atomic E-state index is -0.375. The Morgan fingerprint density at radius 2 is 1.70 bits per heavy atom. The molecule has 0 spiro atoms. The predicted molar refractivity (Wildman–Crippen MR) is 115 cm³/mol. The van der Waals surface area contributed by atoms with Crippen LogP contribution in [0.3, 0.4) is 0 Å². The molecule has 8 nitrogen and oxygen atoms in total. The summed E-state index contributed by atoms with van der Waals surface area (Å²) >= 11 is 0. The third-order valence-corrected chi connectivity index (χ3v) is 6.11. The number of nitrogens with zero attached hydrogens (tertiary/aromatic N) is 5. The summed E-state index contributed by atoms with van der Waals surface area (Å²) in [6.45, 7) is 4.16. The highest BCUT2D eigenvalue weighted by Gasteiger charge is 2.21. The van der Waals surface area contributed by atoms with Gasteiger partial charge in [-0.15, -0.1) is 0 Å². The zero-order valence-electron chi connectivity index (χ0n) is 17.9. The van der Waals surface area contributed by atoms with Gasteiger partial charge in [-0.25, -0.2) is 9.78 Å². The minimum absolute atomic E-state index is 0.326. The Bertz CT molecular complexity index is 1140. The fourth-order valence-corrected chi connectivity index (χ4v) is 4.16. The van der Waals surface area contributed by atoms with Crippen LogP contribution in [-0.4, -0.2) is 43.3 Å². The Kier molecular flexibility index (Phi) is 5.87. The Balaban J connectivity index is 1.33. The van der Waals surface area contributed by atoms with Crippen LogP contribution < -0.4 is 11.2 Å². The van der Waals surface area contributed by atoms with Crippen LogP contribution in [0.1, 0.15) is 24.2 Å². The van der Waals surface area contributed by atoms with E-state index in [9.17, 15) is 9.59 Å². The standard InChI is InChI=1S/C22H29N5O3/c1-24-18(23-20-19(24)21(28)26(3)22(29)25(20)2)15-30-14-17-9-11-27(12-10-17)13-16-7-5-4-6-8-16/h4-8,17H,9-15H2,1-3H3. The quantitative estimate of drug-likeness (QED) is 0.613. The molecular formula is C22H29N5O3. The van der Waals surface area contributed by atoms with Crippen molar-refractivity contribution < 1.29 is 4.74 Å². The maximum absolute atomic E-state index is 12.5. The number of aromatic nitrogens is 4. The van der Waals surface area contributed by atoms with Gasteiger partial charge >= 0.3 is 5.69 Å². The van der Waals surface area contributed by atoms with Crippen molar-refractivity contribution in [1.29, 1.82) is 0 Å². The number of rotatable bonds is 6. The van der Waals surface area contributed by atoms with E-state index < -0.39 is 0 Å². The van der Waals surface area contributed by atoms with Crippen LogP contribution in [0.5, 0.6) is 0 Å². The predicted octanol–water partition coefficient (Wildman–Crippen LogP) is 1.40. The van der Waals surface area contributed by atoms with E-state index >= 15 is 0 Å². The van der Waals surface area contributed by atoms with E-state index in [2.05, 4.69) is 40.2 Å². The van der Waals surface area contributed by atoms with Crippen LogP contribution in [0.4, 0.5) is 0 Å². The van der Waals surface area contributed by atoms with E-state index in [4.69, 9.17) is 4.74 Å². The molecule has 1 aliphatic heterocycles. The van der Waals surface area contributed by atoms with Crippen molar-refractivity contribution in [3.63, 3.8) is 0 Å². The van der Waals surface area contributed by atoms with Gasteiger partial charge in [-0.1, -0.05) is 30.3 Å². The van der Waals surface area contributed by atoms with E-state index in [1.165, 1.54) is 17.2 Å². The molecule has 0 atom stereocenters. The van der Waals surface area contributed by atoms with Crippen LogP contribution in [-0.2, 0) is 39.0 Å². The van der Waals surface area contributed by atoms with Gasteiger partial charge in [0, 0.05) is 27.7 Å². The Hall–Kier alpha value is -2.71. The van der Waals surface area contributed by atoms with Crippen molar-refractivity contribution in [1.82, 2.24) is 23.6 Å². The summed E-state index contributed by atoms with van der Waals surface area (Å²) in [5, 5.41) is 0. The average molecular weight is 412 g/mol. The molecular weight excluding hydrogens is 382 g/mol. The summed E-state index contributed by atoms with van der Waals surface area (Å²) in [5.41, 5.74) is 1.47. The smallest absolute Gasteiger partial charge is 0.332 e. The molecule has 0 aliphatic carbocycles. The Morgan fingerprint density at radius 1 is 1.00 bits per heavy atom. The van der Waals surface area contributed by atoms with Gasteiger partial charge < -0.3 is 9.30 Å². The maximum Gasteiger partial charge on any atom is 0.332 e. The molecule has 1 fully saturated rings. The third-order valence-electron chi connectivity index (χ3n) is 6.11. The van der Waals surface area contributed by atoms with Crippen LogP contribution in [0, 0.1) is 5.92 Å². The van der Waals surface area contributed by atoms with E-state index in [1.807, 2.05) is 0 Å². The number of ether oxygens (including phenoxy) is 1. The first-order valence-corrected chi connectivity index (χ1v) is 10.4. The molecule has 3 aromatic rings. The molecule has 0 saturated carbocycles. The normalized spacial score (nSPS) is 15.8. The van der Waals surface area contributed by atoms with Gasteiger partial charge in [0.05, 0.1) is 6.61 Å². The number of benzene rings is 1. The monoisotopic (exact) mass is 411 g/mol. The molecule has 0 bridgehead atoms. The van der Waals surface area contributed by atoms with Crippen molar-refractivity contribution in [3.05, 3.63) is 62.6 Å². The summed E-state index contributed by atoms with van der Waals surface area (Å²) in [6, 6.07) is 10.6. The van der Waals surface area contributed by atoms with E-state index in [0.29, 0.717) is 36.1 Å². The van der Waals surface area contributed by atoms with Gasteiger partial charge in [0.25, 0.3) is 5.56 Å². The number of aryl methyl sites for hydroxylation is 2. The maximum atomic E-state index is 12.5. The number of fused-ring (bicyclic) bond motifs is 1. The first-order valence-electron chi connectivity index (χ1n) is 10.4. The SMILES string of the molecule is Cn1c(=O)c2c(nc(COCC3CCN(Cc4ccccc4)CC3)n2C)n(C)c1=O. The lowest BCUT2D eigenvalue weighted by molar-refractivity contribution is 0.0524. The highest BCUT2D eigenvalue weighted by Crippen LogP contribution is 2.20. The number of hydrogen-bond acceptors (Lipinski definition) is 5. The molecule has 4 rings (SSSR count). The Labute approximate surface area is 175 Å². The fourth-order valence-electron chi connectivity index (χ4n) is 4.16. The highest BCUT2D eigenvalue weighted by atomic mass is 16.5. The zero-order valence-corrected chi connectivity index (χ0v) is 17.9. The largest absolute Gasteiger partial charge is 0.373 e. The second kappa shape index (κ2) is 8.57. The molecule has 3 heterocycles. The highest BCUT2D eigenvalue weighted by molar-refractivity contribution is 5.70. The van der Waals surface area contributed by atoms with Gasteiger partial charge in [0.15, 0.2) is 11.2 Å². The van der Waals surface area contributed by atoms with E-state index in [-0.39, 0.29) is 11.2 Å². The first-order chi connectivity index (χ1) is 14.5. The fraction of sp³-hybridized carbons (Fsp3) is 0.500. The van der Waals surface area contributed by atoms with Crippen LogP contribution in [0.15, 0.2) is 39.9 Å². The van der Waals surface area contributed by atoms with Gasteiger partial charge in [0.2, 0.25) is 0 Å². The van der Waals surface area contributed by atoms with E-state index in [1.54, 1.807) is 18.7 Å². The molecule has 1 aromatic carbocycles. The van der Waals surface area contributed by atoms with Gasteiger partial charge in [-0.3, -0.25) is 18.8 Å². The van der Waals surface area contributed by atoms with Gasteiger partial charge in [-0.2, -0.15) is 0 Å². The van der Waals surface area contributed by atoms with Crippen molar-refractivity contribution in [2.24, 2.45) is 27.1 Å². The average Bonchev–Trinajstić information content (AvgIpc) is 3.09. The summed E-state index contributed by atoms with van der Waals surface area (Å²) in [7, 11) is 4.91. The molecule has 0 N–H and O–H groups in total. The lowest BCUT2D eigenvalue weighted by Gasteiger charge is -2.31. The van der Waals surface area contributed by atoms with Crippen LogP contribution in [0.2, 0.25) is 0 Å². The van der Waals surface area contributed by atoms with Crippen molar-refractivity contribution in [2.45, 2.75) is 26.0 Å². The van der Waals surface area contributed by atoms with Crippen molar-refractivity contribution >= 4 is 11.2 Å². The lowest BCUT2D eigenvalue weighted by atomic mass is 9.97. The third kappa shape index (κ3) is 3.97. The topological polar surface area (TPSA) is 74.3 Å². The molecule has 0 unspecified atom stereocenters. The number of imidazole rings is 1. The van der Waals surface area contributed by atoms with Crippen molar-refractivity contribution in [2.75, 3.05) is 19.7 Å². The zero-order chi connectivity index (χ0) is 21.3. The summed E-state index contributed by atoms with van der Waals surface area (Å²) in [5.74, 6) is 1.19. The molecule has 8 heteroatoms. The number of likely N-dealkylation sites (tertiary alicyclic amines) is 1. The second-order valence-corrected chi connectivity index (χ2v) is 8.19. The van der Waals surface area contributed by atoms with Crippen LogP contribution in [0.25, 0.3) is 11.2 Å². The molecule has 2 aromatic heterocycles. The first kappa shape index (κ1) is 20.6. The molecule has 0 radical (unpaired) electrons. The summed E-state index contributed by atoms with van der Waals surface area (Å²) in [6.07, 6.45) is 2.23. The van der Waals surface area contributed by atoms with Gasteiger partial charge in [0.1, 0.15) is 12.4 Å². The van der Waals surface area contributed by atoms with Gasteiger partial charge in [-0.05, 0) is 37.4 Å². The second-order valence-electron chi connectivity index (χ2n) is 8.19. The molecule has 1 aliphatic rings. The summed E-state index contributed by atoms with van der Waals surface area (Å²) < 4.78 is 10.2. The van der Waals surface area contributed by atoms with E-state index in [0.717, 1.165) is 37.0 Å². The lowest BCUT2D eigenvalue weighted by Crippen LogP contribution is -2.37. The van der Waals surface area contributed by atoms with Crippen LogP contribution >= 0.6 is 0 Å². The molecule has 30 heavy (non-hydrogen) atoms. The van der Waals surface area contributed by atoms with Crippen molar-refractivity contribution in [3.8, 4) is 0 Å². The molecule has 1 saturated heterocycles. The molecule has 160 valence electrons. The minimum Gasteiger partial charge on any atom is -0.373 e. The number of piperidine rings is 1. The molecule has 0 amide bonds. The number of hydrogen-bond donors (Lipinski definition) is 0. The Morgan fingerprint density at radius 3 is 2.40 bits per heavy atom. The summed E-state index contributed by atoms with van der Waals surface area (Å²) in [4.78, 5) is 31.6.